The molecule has 1 saturated heterocycles. The van der Waals surface area contributed by atoms with Crippen LogP contribution in [0.3, 0.4) is 0 Å². The van der Waals surface area contributed by atoms with Crippen LogP contribution in [0.1, 0.15) is 60.7 Å². The fourth-order valence-electron chi connectivity index (χ4n) is 5.35. The van der Waals surface area contributed by atoms with Crippen LogP contribution in [0.5, 0.6) is 0 Å². The zero-order valence-corrected chi connectivity index (χ0v) is 16.4. The fourth-order valence-corrected chi connectivity index (χ4v) is 5.35. The highest BCUT2D eigenvalue weighted by Gasteiger charge is 2.56. The topological polar surface area (TPSA) is 86.8 Å². The molecule has 4 rings (SSSR count). The van der Waals surface area contributed by atoms with Crippen molar-refractivity contribution < 1.29 is 19.2 Å². The van der Waals surface area contributed by atoms with Gasteiger partial charge >= 0.3 is 6.03 Å². The van der Waals surface area contributed by atoms with Gasteiger partial charge in [-0.1, -0.05) is 32.9 Å². The zero-order valence-electron chi connectivity index (χ0n) is 16.4. The summed E-state index contributed by atoms with van der Waals surface area (Å²) in [5.41, 5.74) is -0.188. The Hall–Kier alpha value is -2.70. The summed E-state index contributed by atoms with van der Waals surface area (Å²) in [6.07, 6.45) is 2.22. The number of imide groups is 2. The van der Waals surface area contributed by atoms with E-state index in [2.05, 4.69) is 26.1 Å². The number of nitrogens with zero attached hydrogens (tertiary/aromatic N) is 2. The number of hydrogen-bond acceptors (Lipinski definition) is 4. The molecule has 2 aliphatic heterocycles. The van der Waals surface area contributed by atoms with E-state index in [1.54, 1.807) is 24.3 Å². The zero-order chi connectivity index (χ0) is 20.3. The highest BCUT2D eigenvalue weighted by Crippen LogP contribution is 2.46. The molecule has 7 heteroatoms. The van der Waals surface area contributed by atoms with Gasteiger partial charge < -0.3 is 5.32 Å². The molecule has 2 atom stereocenters. The van der Waals surface area contributed by atoms with E-state index in [9.17, 15) is 19.2 Å². The molecule has 5 amide bonds. The van der Waals surface area contributed by atoms with Crippen LogP contribution in [0, 0.1) is 11.3 Å². The highest BCUT2D eigenvalue weighted by atomic mass is 16.2. The Morgan fingerprint density at radius 1 is 0.964 bits per heavy atom. The predicted molar refractivity (Wildman–Crippen MR) is 102 cm³/mol. The molecule has 0 radical (unpaired) electrons. The minimum Gasteiger partial charge on any atom is -0.323 e. The van der Waals surface area contributed by atoms with Crippen molar-refractivity contribution in [2.75, 3.05) is 13.1 Å². The summed E-state index contributed by atoms with van der Waals surface area (Å²) in [5.74, 6) is -0.678. The van der Waals surface area contributed by atoms with Gasteiger partial charge in [0.1, 0.15) is 5.54 Å². The summed E-state index contributed by atoms with van der Waals surface area (Å²) in [6.45, 7) is 6.34. The molecule has 1 N–H and O–H groups in total. The van der Waals surface area contributed by atoms with Gasteiger partial charge in [-0.25, -0.2) is 4.79 Å². The number of nitrogens with one attached hydrogen (secondary N) is 1. The average Bonchev–Trinajstić information content (AvgIpc) is 2.96. The van der Waals surface area contributed by atoms with Crippen LogP contribution >= 0.6 is 0 Å². The maximum absolute atomic E-state index is 13.2. The molecule has 148 valence electrons. The van der Waals surface area contributed by atoms with Crippen molar-refractivity contribution in [1.29, 1.82) is 0 Å². The Labute approximate surface area is 164 Å². The van der Waals surface area contributed by atoms with Gasteiger partial charge in [-0.2, -0.15) is 0 Å². The number of rotatable bonds is 3. The molecule has 28 heavy (non-hydrogen) atoms. The first-order valence-corrected chi connectivity index (χ1v) is 9.73. The van der Waals surface area contributed by atoms with E-state index in [-0.39, 0.29) is 36.2 Å². The van der Waals surface area contributed by atoms with Crippen molar-refractivity contribution in [3.05, 3.63) is 35.4 Å². The lowest BCUT2D eigenvalue weighted by Crippen LogP contribution is -2.54. The number of urea groups is 1. The van der Waals surface area contributed by atoms with Crippen LogP contribution in [0.4, 0.5) is 4.79 Å². The molecule has 1 spiro atoms. The van der Waals surface area contributed by atoms with Crippen molar-refractivity contribution in [3.8, 4) is 0 Å². The standard InChI is InChI=1S/C21H25N3O4/c1-13-10-20(2,3)12-21(11-13)18(27)24(19(28)22-21)9-8-23-16(25)14-6-4-5-7-15(14)17(23)26/h4-7,13H,8-12H2,1-3H3,(H,22,28)/t13-,21+/m1/s1. The lowest BCUT2D eigenvalue weighted by Gasteiger charge is -2.43. The van der Waals surface area contributed by atoms with E-state index in [0.29, 0.717) is 29.9 Å². The summed E-state index contributed by atoms with van der Waals surface area (Å²) in [4.78, 5) is 53.0. The second-order valence-electron chi connectivity index (χ2n) is 9.13. The van der Waals surface area contributed by atoms with Crippen LogP contribution in [-0.2, 0) is 4.79 Å². The predicted octanol–water partition coefficient (Wildman–Crippen LogP) is 2.42. The van der Waals surface area contributed by atoms with Crippen LogP contribution in [-0.4, -0.2) is 52.2 Å². The molecule has 1 saturated carbocycles. The summed E-state index contributed by atoms with van der Waals surface area (Å²) in [7, 11) is 0. The van der Waals surface area contributed by atoms with Gasteiger partial charge in [0.05, 0.1) is 11.1 Å². The van der Waals surface area contributed by atoms with E-state index < -0.39 is 11.6 Å². The minimum absolute atomic E-state index is 0.000529. The maximum Gasteiger partial charge on any atom is 0.325 e. The van der Waals surface area contributed by atoms with Crippen molar-refractivity contribution >= 4 is 23.8 Å². The number of hydrogen-bond donors (Lipinski definition) is 1. The molecule has 1 aromatic rings. The normalized spacial score (nSPS) is 28.9. The molecule has 0 unspecified atom stereocenters. The van der Waals surface area contributed by atoms with Gasteiger partial charge in [-0.15, -0.1) is 0 Å². The van der Waals surface area contributed by atoms with E-state index in [1.165, 1.54) is 0 Å². The van der Waals surface area contributed by atoms with E-state index in [4.69, 9.17) is 0 Å². The van der Waals surface area contributed by atoms with Gasteiger partial charge in [0.2, 0.25) is 0 Å². The van der Waals surface area contributed by atoms with Gasteiger partial charge in [-0.3, -0.25) is 24.2 Å². The fraction of sp³-hybridized carbons (Fsp3) is 0.524. The number of benzene rings is 1. The monoisotopic (exact) mass is 383 g/mol. The van der Waals surface area contributed by atoms with Crippen molar-refractivity contribution in [2.45, 2.75) is 45.6 Å². The van der Waals surface area contributed by atoms with E-state index in [0.717, 1.165) is 16.2 Å². The molecule has 3 aliphatic rings. The molecular weight excluding hydrogens is 358 g/mol. The Morgan fingerprint density at radius 3 is 2.11 bits per heavy atom. The smallest absolute Gasteiger partial charge is 0.323 e. The van der Waals surface area contributed by atoms with E-state index in [1.807, 2.05) is 0 Å². The minimum atomic E-state index is -0.875. The maximum atomic E-state index is 13.2. The van der Waals surface area contributed by atoms with Crippen molar-refractivity contribution in [3.63, 3.8) is 0 Å². The second kappa shape index (κ2) is 6.15. The van der Waals surface area contributed by atoms with Crippen molar-refractivity contribution in [2.24, 2.45) is 11.3 Å². The first kappa shape index (κ1) is 18.7. The van der Waals surface area contributed by atoms with Crippen LogP contribution in [0.25, 0.3) is 0 Å². The van der Waals surface area contributed by atoms with Crippen molar-refractivity contribution in [1.82, 2.24) is 15.1 Å². The molecule has 7 nitrogen and oxygen atoms in total. The Balaban J connectivity index is 1.49. The molecule has 1 aliphatic carbocycles. The second-order valence-corrected chi connectivity index (χ2v) is 9.13. The third-order valence-electron chi connectivity index (χ3n) is 6.05. The summed E-state index contributed by atoms with van der Waals surface area (Å²) in [6, 6.07) is 6.21. The molecular formula is C21H25N3O4. The van der Waals surface area contributed by atoms with Gasteiger partial charge in [0, 0.05) is 13.1 Å². The largest absolute Gasteiger partial charge is 0.325 e. The summed E-state index contributed by atoms with van der Waals surface area (Å²) >= 11 is 0. The Morgan fingerprint density at radius 2 is 1.54 bits per heavy atom. The molecule has 0 bridgehead atoms. The van der Waals surface area contributed by atoms with Gasteiger partial charge in [0.15, 0.2) is 0 Å². The highest BCUT2D eigenvalue weighted by molar-refractivity contribution is 6.21. The quantitative estimate of drug-likeness (QED) is 0.641. The first-order chi connectivity index (χ1) is 13.1. The van der Waals surface area contributed by atoms with E-state index >= 15 is 0 Å². The lowest BCUT2D eigenvalue weighted by atomic mass is 9.64. The number of amides is 5. The summed E-state index contributed by atoms with van der Waals surface area (Å²) in [5, 5.41) is 2.92. The Bertz CT molecular complexity index is 858. The third kappa shape index (κ3) is 2.80. The lowest BCUT2D eigenvalue weighted by molar-refractivity contribution is -0.134. The molecule has 0 aromatic heterocycles. The average molecular weight is 383 g/mol. The van der Waals surface area contributed by atoms with Crippen LogP contribution < -0.4 is 5.32 Å². The third-order valence-corrected chi connectivity index (χ3v) is 6.05. The molecule has 2 heterocycles. The number of carbonyl (C=O) groups is 4. The van der Waals surface area contributed by atoms with Gasteiger partial charge in [0.25, 0.3) is 17.7 Å². The number of carbonyl (C=O) groups excluding carboxylic acids is 4. The van der Waals surface area contributed by atoms with Crippen LogP contribution in [0.2, 0.25) is 0 Å². The Kier molecular flexibility index (Phi) is 4.10. The molecule has 1 aromatic carbocycles. The number of fused-ring (bicyclic) bond motifs is 1. The summed E-state index contributed by atoms with van der Waals surface area (Å²) < 4.78 is 0. The van der Waals surface area contributed by atoms with Crippen LogP contribution in [0.15, 0.2) is 24.3 Å². The molecule has 2 fully saturated rings. The first-order valence-electron chi connectivity index (χ1n) is 9.73. The van der Waals surface area contributed by atoms with Gasteiger partial charge in [-0.05, 0) is 42.7 Å². The SMILES string of the molecule is C[C@@H]1CC(C)(C)C[C@]2(C1)NC(=O)N(CCN1C(=O)c3ccccc3C1=O)C2=O.